The molecular formula is C12H17NO6S2. The van der Waals surface area contributed by atoms with Gasteiger partial charge in [-0.05, 0) is 18.2 Å². The molecule has 0 aliphatic heterocycles. The molecule has 1 atom stereocenters. The van der Waals surface area contributed by atoms with Crippen molar-refractivity contribution in [1.82, 2.24) is 4.31 Å². The topological polar surface area (TPSA) is 109 Å². The van der Waals surface area contributed by atoms with Gasteiger partial charge in [-0.25, -0.2) is 21.1 Å². The second kappa shape index (κ2) is 6.12. The van der Waals surface area contributed by atoms with Crippen LogP contribution in [-0.2, 0) is 24.7 Å². The molecule has 1 rings (SSSR count). The molecule has 0 aliphatic rings. The molecule has 0 bridgehead atoms. The molecule has 21 heavy (non-hydrogen) atoms. The van der Waals surface area contributed by atoms with Crippen molar-refractivity contribution in [2.75, 3.05) is 19.8 Å². The highest BCUT2D eigenvalue weighted by Crippen LogP contribution is 2.19. The average molecular weight is 335 g/mol. The lowest BCUT2D eigenvalue weighted by Gasteiger charge is -2.19. The largest absolute Gasteiger partial charge is 0.481 e. The molecular weight excluding hydrogens is 318 g/mol. The van der Waals surface area contributed by atoms with E-state index >= 15 is 0 Å². The Kier molecular flexibility index (Phi) is 5.13. The summed E-state index contributed by atoms with van der Waals surface area (Å²) >= 11 is 0. The van der Waals surface area contributed by atoms with E-state index in [1.807, 2.05) is 0 Å². The van der Waals surface area contributed by atoms with Gasteiger partial charge in [-0.3, -0.25) is 4.79 Å². The Morgan fingerprint density at radius 2 is 1.76 bits per heavy atom. The number of benzene rings is 1. The van der Waals surface area contributed by atoms with Gasteiger partial charge >= 0.3 is 5.97 Å². The highest BCUT2D eigenvalue weighted by molar-refractivity contribution is 7.91. The number of hydrogen-bond donors (Lipinski definition) is 1. The van der Waals surface area contributed by atoms with Crippen LogP contribution < -0.4 is 0 Å². The maximum absolute atomic E-state index is 12.3. The summed E-state index contributed by atoms with van der Waals surface area (Å²) < 4.78 is 48.4. The number of carboxylic acid groups (broad SMARTS) is 1. The molecule has 0 spiro atoms. The lowest BCUT2D eigenvalue weighted by atomic mass is 10.2. The fraction of sp³-hybridized carbons (Fsp3) is 0.417. The Morgan fingerprint density at radius 3 is 2.24 bits per heavy atom. The Balaban J connectivity index is 3.17. The third kappa shape index (κ3) is 4.26. The lowest BCUT2D eigenvalue weighted by molar-refractivity contribution is -0.141. The fourth-order valence-electron chi connectivity index (χ4n) is 1.61. The molecule has 0 aromatic heterocycles. The minimum atomic E-state index is -3.94. The number of sulfonamides is 1. The summed E-state index contributed by atoms with van der Waals surface area (Å²) in [5.74, 6) is -1.98. The van der Waals surface area contributed by atoms with Crippen LogP contribution in [-0.4, -0.2) is 52.1 Å². The number of aliphatic carboxylic acids is 1. The number of rotatable bonds is 6. The predicted molar refractivity (Wildman–Crippen MR) is 76.2 cm³/mol. The van der Waals surface area contributed by atoms with Gasteiger partial charge in [0.1, 0.15) is 0 Å². The zero-order chi connectivity index (χ0) is 16.4. The van der Waals surface area contributed by atoms with Gasteiger partial charge in [0.15, 0.2) is 9.84 Å². The Labute approximate surface area is 124 Å². The van der Waals surface area contributed by atoms with Gasteiger partial charge in [-0.2, -0.15) is 0 Å². The van der Waals surface area contributed by atoms with Crippen LogP contribution in [0.3, 0.4) is 0 Å². The monoisotopic (exact) mass is 335 g/mol. The third-order valence-corrected chi connectivity index (χ3v) is 5.82. The first-order valence-electron chi connectivity index (χ1n) is 5.95. The summed E-state index contributed by atoms with van der Waals surface area (Å²) in [6, 6.07) is 4.96. The van der Waals surface area contributed by atoms with Crippen molar-refractivity contribution in [2.45, 2.75) is 16.7 Å². The second-order valence-corrected chi connectivity index (χ2v) is 8.83. The standard InChI is InChI=1S/C12H17NO6S2/c1-9(12(14)15)8-13(2)21(18,19)11-6-4-5-10(7-11)20(3,16)17/h4-7,9H,8H2,1-3H3,(H,14,15). The number of hydrogen-bond acceptors (Lipinski definition) is 5. The van der Waals surface area contributed by atoms with E-state index in [0.29, 0.717) is 0 Å². The van der Waals surface area contributed by atoms with Crippen LogP contribution in [0.5, 0.6) is 0 Å². The van der Waals surface area contributed by atoms with Crippen LogP contribution in [0.25, 0.3) is 0 Å². The Morgan fingerprint density at radius 1 is 1.24 bits per heavy atom. The van der Waals surface area contributed by atoms with E-state index in [1.165, 1.54) is 32.2 Å². The molecule has 1 unspecified atom stereocenters. The van der Waals surface area contributed by atoms with Gasteiger partial charge in [0.2, 0.25) is 10.0 Å². The smallest absolute Gasteiger partial charge is 0.307 e. The van der Waals surface area contributed by atoms with E-state index in [0.717, 1.165) is 16.6 Å². The molecule has 0 fully saturated rings. The van der Waals surface area contributed by atoms with Crippen molar-refractivity contribution in [1.29, 1.82) is 0 Å². The van der Waals surface area contributed by atoms with Crippen molar-refractivity contribution in [3.63, 3.8) is 0 Å². The summed E-state index contributed by atoms with van der Waals surface area (Å²) in [5.41, 5.74) is 0. The molecule has 1 aromatic rings. The molecule has 0 saturated carbocycles. The molecule has 0 aliphatic carbocycles. The van der Waals surface area contributed by atoms with Crippen LogP contribution in [0.4, 0.5) is 0 Å². The van der Waals surface area contributed by atoms with Crippen molar-refractivity contribution in [2.24, 2.45) is 5.92 Å². The van der Waals surface area contributed by atoms with E-state index in [4.69, 9.17) is 5.11 Å². The van der Waals surface area contributed by atoms with Crippen LogP contribution in [0.15, 0.2) is 34.1 Å². The van der Waals surface area contributed by atoms with Crippen molar-refractivity contribution >= 4 is 25.8 Å². The molecule has 0 amide bonds. The first-order valence-corrected chi connectivity index (χ1v) is 9.28. The van der Waals surface area contributed by atoms with Crippen LogP contribution >= 0.6 is 0 Å². The minimum absolute atomic E-state index is 0.108. The van der Waals surface area contributed by atoms with E-state index in [1.54, 1.807) is 0 Å². The molecule has 0 radical (unpaired) electrons. The maximum atomic E-state index is 12.3. The lowest BCUT2D eigenvalue weighted by Crippen LogP contribution is -2.33. The molecule has 1 aromatic carbocycles. The zero-order valence-electron chi connectivity index (χ0n) is 11.8. The van der Waals surface area contributed by atoms with Crippen LogP contribution in [0.1, 0.15) is 6.92 Å². The molecule has 118 valence electrons. The van der Waals surface area contributed by atoms with Gasteiger partial charge in [-0.15, -0.1) is 0 Å². The SMILES string of the molecule is CC(CN(C)S(=O)(=O)c1cccc(S(C)(=O)=O)c1)C(=O)O. The first-order chi connectivity index (χ1) is 9.46. The van der Waals surface area contributed by atoms with Gasteiger partial charge in [0, 0.05) is 19.8 Å². The summed E-state index contributed by atoms with van der Waals surface area (Å²) in [4.78, 5) is 10.5. The van der Waals surface area contributed by atoms with E-state index < -0.39 is 31.7 Å². The molecule has 7 nitrogen and oxygen atoms in total. The fourth-order valence-corrected chi connectivity index (χ4v) is 3.65. The normalized spacial score (nSPS) is 14.1. The number of nitrogens with zero attached hydrogens (tertiary/aromatic N) is 1. The van der Waals surface area contributed by atoms with Gasteiger partial charge in [0.25, 0.3) is 0 Å². The number of sulfone groups is 1. The number of carboxylic acids is 1. The van der Waals surface area contributed by atoms with Gasteiger partial charge in [0.05, 0.1) is 15.7 Å². The van der Waals surface area contributed by atoms with Crippen LogP contribution in [0.2, 0.25) is 0 Å². The quantitative estimate of drug-likeness (QED) is 0.807. The van der Waals surface area contributed by atoms with Gasteiger partial charge in [-0.1, -0.05) is 13.0 Å². The summed E-state index contributed by atoms with van der Waals surface area (Å²) in [6.07, 6.45) is 0.981. The highest BCUT2D eigenvalue weighted by atomic mass is 32.2. The summed E-state index contributed by atoms with van der Waals surface area (Å²) in [7, 11) is -6.22. The highest BCUT2D eigenvalue weighted by Gasteiger charge is 2.25. The van der Waals surface area contributed by atoms with E-state index in [2.05, 4.69) is 0 Å². The van der Waals surface area contributed by atoms with Crippen molar-refractivity contribution in [3.05, 3.63) is 24.3 Å². The first kappa shape index (κ1) is 17.6. The van der Waals surface area contributed by atoms with Gasteiger partial charge < -0.3 is 5.11 Å². The van der Waals surface area contributed by atoms with Crippen molar-refractivity contribution < 1.29 is 26.7 Å². The molecule has 0 saturated heterocycles. The molecule has 9 heteroatoms. The minimum Gasteiger partial charge on any atom is -0.481 e. The molecule has 0 heterocycles. The van der Waals surface area contributed by atoms with E-state index in [-0.39, 0.29) is 16.3 Å². The predicted octanol–water partition coefficient (Wildman–Crippen LogP) is 0.431. The van der Waals surface area contributed by atoms with Crippen LogP contribution in [0, 0.1) is 5.92 Å². The summed E-state index contributed by atoms with van der Waals surface area (Å²) in [5, 5.41) is 8.82. The third-order valence-electron chi connectivity index (χ3n) is 2.89. The summed E-state index contributed by atoms with van der Waals surface area (Å²) in [6.45, 7) is 1.18. The Hall–Kier alpha value is -1.45. The number of carbonyl (C=O) groups is 1. The Bertz CT molecular complexity index is 739. The van der Waals surface area contributed by atoms with Crippen molar-refractivity contribution in [3.8, 4) is 0 Å². The second-order valence-electron chi connectivity index (χ2n) is 4.77. The molecule has 1 N–H and O–H groups in total. The average Bonchev–Trinajstić information content (AvgIpc) is 2.37. The van der Waals surface area contributed by atoms with E-state index in [9.17, 15) is 21.6 Å². The maximum Gasteiger partial charge on any atom is 0.307 e. The zero-order valence-corrected chi connectivity index (χ0v) is 13.5.